The molecule has 0 bridgehead atoms. The van der Waals surface area contributed by atoms with Crippen molar-refractivity contribution in [2.45, 2.75) is 6.92 Å². The number of carbonyl (C=O) groups excluding carboxylic acids is 1. The van der Waals surface area contributed by atoms with Gasteiger partial charge in [-0.1, -0.05) is 18.2 Å². The number of furan rings is 1. The van der Waals surface area contributed by atoms with E-state index in [1.807, 2.05) is 43.3 Å². The van der Waals surface area contributed by atoms with Gasteiger partial charge >= 0.3 is 5.97 Å². The predicted octanol–water partition coefficient (Wildman–Crippen LogP) is 4.67. The fourth-order valence-corrected chi connectivity index (χ4v) is 3.50. The van der Waals surface area contributed by atoms with E-state index in [1.54, 1.807) is 18.4 Å². The van der Waals surface area contributed by atoms with Crippen molar-refractivity contribution in [1.29, 1.82) is 0 Å². The zero-order chi connectivity index (χ0) is 17.4. The molecule has 3 heterocycles. The van der Waals surface area contributed by atoms with Crippen LogP contribution in [0.4, 0.5) is 5.69 Å². The van der Waals surface area contributed by atoms with E-state index in [1.165, 1.54) is 11.3 Å². The van der Waals surface area contributed by atoms with Crippen LogP contribution in [0.2, 0.25) is 0 Å². The number of aryl methyl sites for hydroxylation is 1. The zero-order valence-electron chi connectivity index (χ0n) is 13.4. The van der Waals surface area contributed by atoms with E-state index in [4.69, 9.17) is 14.9 Å². The normalized spacial score (nSPS) is 10.9. The molecule has 0 aliphatic rings. The van der Waals surface area contributed by atoms with Gasteiger partial charge in [-0.05, 0) is 42.8 Å². The molecule has 1 aromatic carbocycles. The second kappa shape index (κ2) is 6.07. The molecule has 0 radical (unpaired) electrons. The van der Waals surface area contributed by atoms with E-state index < -0.39 is 5.97 Å². The zero-order valence-corrected chi connectivity index (χ0v) is 14.2. The number of carbonyl (C=O) groups is 1. The van der Waals surface area contributed by atoms with Gasteiger partial charge in [0, 0.05) is 5.39 Å². The molecule has 5 nitrogen and oxygen atoms in total. The van der Waals surface area contributed by atoms with Crippen molar-refractivity contribution >= 4 is 33.2 Å². The molecule has 124 valence electrons. The maximum atomic E-state index is 12.5. The number of pyridine rings is 1. The summed E-state index contributed by atoms with van der Waals surface area (Å²) in [6.07, 6.45) is 1.59. The Balaban J connectivity index is 1.71. The molecule has 0 spiro atoms. The fourth-order valence-electron chi connectivity index (χ4n) is 2.53. The van der Waals surface area contributed by atoms with Crippen molar-refractivity contribution in [2.24, 2.45) is 0 Å². The third kappa shape index (κ3) is 2.77. The standard InChI is InChI=1S/C19H14N2O3S/c1-11-5-2-3-6-14(11)24-19(22)17-16(20)12-8-9-13(21-18(12)25-17)15-7-4-10-23-15/h2-10H,20H2,1H3. The Morgan fingerprint density at radius 1 is 1.16 bits per heavy atom. The van der Waals surface area contributed by atoms with Crippen LogP contribution in [0, 0.1) is 6.92 Å². The molecule has 0 aliphatic carbocycles. The van der Waals surface area contributed by atoms with Gasteiger partial charge in [-0.3, -0.25) is 0 Å². The van der Waals surface area contributed by atoms with E-state index in [-0.39, 0.29) is 0 Å². The third-order valence-corrected chi connectivity index (χ3v) is 4.94. The molecule has 0 aliphatic heterocycles. The molecule has 0 saturated carbocycles. The molecule has 0 unspecified atom stereocenters. The molecular weight excluding hydrogens is 336 g/mol. The van der Waals surface area contributed by atoms with Crippen LogP contribution < -0.4 is 10.5 Å². The Bertz CT molecular complexity index is 1070. The first kappa shape index (κ1) is 15.4. The molecular formula is C19H14N2O3S. The summed E-state index contributed by atoms with van der Waals surface area (Å²) in [6.45, 7) is 1.88. The quantitative estimate of drug-likeness (QED) is 0.429. The molecule has 4 aromatic rings. The number of nitrogens with zero attached hydrogens (tertiary/aromatic N) is 1. The van der Waals surface area contributed by atoms with Crippen LogP contribution in [0.1, 0.15) is 15.2 Å². The lowest BCUT2D eigenvalue weighted by Gasteiger charge is -2.05. The van der Waals surface area contributed by atoms with Crippen molar-refractivity contribution in [3.05, 3.63) is 65.2 Å². The van der Waals surface area contributed by atoms with Crippen LogP contribution >= 0.6 is 11.3 Å². The van der Waals surface area contributed by atoms with E-state index in [0.29, 0.717) is 32.6 Å². The Morgan fingerprint density at radius 2 is 2.00 bits per heavy atom. The van der Waals surface area contributed by atoms with Crippen LogP contribution in [-0.4, -0.2) is 11.0 Å². The number of thiophene rings is 1. The Hall–Kier alpha value is -3.12. The number of anilines is 1. The first-order chi connectivity index (χ1) is 12.1. The summed E-state index contributed by atoms with van der Waals surface area (Å²) < 4.78 is 10.9. The lowest BCUT2D eigenvalue weighted by atomic mass is 10.2. The number of ether oxygens (including phenoxy) is 1. The van der Waals surface area contributed by atoms with Crippen LogP contribution in [-0.2, 0) is 0 Å². The van der Waals surface area contributed by atoms with E-state index >= 15 is 0 Å². The number of fused-ring (bicyclic) bond motifs is 1. The molecule has 3 aromatic heterocycles. The average Bonchev–Trinajstić information content (AvgIpc) is 3.25. The highest BCUT2D eigenvalue weighted by molar-refractivity contribution is 7.21. The highest BCUT2D eigenvalue weighted by Crippen LogP contribution is 2.35. The average molecular weight is 350 g/mol. The minimum Gasteiger partial charge on any atom is -0.463 e. The second-order valence-corrected chi connectivity index (χ2v) is 6.53. The summed E-state index contributed by atoms with van der Waals surface area (Å²) in [5.74, 6) is 0.709. The van der Waals surface area contributed by atoms with Gasteiger partial charge in [0.2, 0.25) is 0 Å². The first-order valence-corrected chi connectivity index (χ1v) is 8.46. The van der Waals surface area contributed by atoms with Gasteiger partial charge in [0.25, 0.3) is 0 Å². The third-order valence-electron chi connectivity index (χ3n) is 3.85. The highest BCUT2D eigenvalue weighted by atomic mass is 32.1. The van der Waals surface area contributed by atoms with Crippen molar-refractivity contribution < 1.29 is 13.9 Å². The minimum atomic E-state index is -0.477. The summed E-state index contributed by atoms with van der Waals surface area (Å²) in [7, 11) is 0. The van der Waals surface area contributed by atoms with Gasteiger partial charge in [0.05, 0.1) is 12.0 Å². The van der Waals surface area contributed by atoms with Gasteiger partial charge in [-0.15, -0.1) is 11.3 Å². The molecule has 0 amide bonds. The molecule has 2 N–H and O–H groups in total. The van der Waals surface area contributed by atoms with Crippen molar-refractivity contribution in [3.63, 3.8) is 0 Å². The number of nitrogens with two attached hydrogens (primary N) is 1. The van der Waals surface area contributed by atoms with Crippen molar-refractivity contribution in [1.82, 2.24) is 4.98 Å². The molecule has 0 fully saturated rings. The maximum absolute atomic E-state index is 12.5. The van der Waals surface area contributed by atoms with Gasteiger partial charge < -0.3 is 14.9 Å². The van der Waals surface area contributed by atoms with Gasteiger partial charge in [0.1, 0.15) is 21.2 Å². The fraction of sp³-hybridized carbons (Fsp3) is 0.0526. The topological polar surface area (TPSA) is 78.3 Å². The Kier molecular flexibility index (Phi) is 3.74. The number of nitrogen functional groups attached to an aromatic ring is 1. The molecule has 0 atom stereocenters. The SMILES string of the molecule is Cc1ccccc1OC(=O)c1sc2nc(-c3ccco3)ccc2c1N. The summed E-state index contributed by atoms with van der Waals surface area (Å²) in [5.41, 5.74) is 8.11. The summed E-state index contributed by atoms with van der Waals surface area (Å²) in [6, 6.07) is 14.6. The lowest BCUT2D eigenvalue weighted by molar-refractivity contribution is 0.0739. The molecule has 0 saturated heterocycles. The van der Waals surface area contributed by atoms with Gasteiger partial charge in [-0.25, -0.2) is 9.78 Å². The minimum absolute atomic E-state index is 0.349. The van der Waals surface area contributed by atoms with E-state index in [0.717, 1.165) is 10.9 Å². The molecule has 25 heavy (non-hydrogen) atoms. The van der Waals surface area contributed by atoms with Crippen LogP contribution in [0.15, 0.2) is 59.2 Å². The van der Waals surface area contributed by atoms with E-state index in [9.17, 15) is 4.79 Å². The number of hydrogen-bond acceptors (Lipinski definition) is 6. The number of rotatable bonds is 3. The number of esters is 1. The number of hydrogen-bond donors (Lipinski definition) is 1. The number of benzene rings is 1. The monoisotopic (exact) mass is 350 g/mol. The second-order valence-electron chi connectivity index (χ2n) is 5.53. The maximum Gasteiger partial charge on any atom is 0.355 e. The first-order valence-electron chi connectivity index (χ1n) is 7.64. The number of aromatic nitrogens is 1. The van der Waals surface area contributed by atoms with Crippen molar-refractivity contribution in [2.75, 3.05) is 5.73 Å². The lowest BCUT2D eigenvalue weighted by Crippen LogP contribution is -2.09. The van der Waals surface area contributed by atoms with Crippen LogP contribution in [0.25, 0.3) is 21.7 Å². The summed E-state index contributed by atoms with van der Waals surface area (Å²) in [5, 5.41) is 0.733. The summed E-state index contributed by atoms with van der Waals surface area (Å²) in [4.78, 5) is 18.1. The Morgan fingerprint density at radius 3 is 2.76 bits per heavy atom. The number of para-hydroxylation sites is 1. The smallest absolute Gasteiger partial charge is 0.355 e. The molecule has 4 rings (SSSR count). The van der Waals surface area contributed by atoms with Crippen LogP contribution in [0.3, 0.4) is 0 Å². The predicted molar refractivity (Wildman–Crippen MR) is 97.9 cm³/mol. The highest BCUT2D eigenvalue weighted by Gasteiger charge is 2.20. The van der Waals surface area contributed by atoms with Crippen molar-refractivity contribution in [3.8, 4) is 17.2 Å². The summed E-state index contributed by atoms with van der Waals surface area (Å²) >= 11 is 1.22. The van der Waals surface area contributed by atoms with E-state index in [2.05, 4.69) is 4.98 Å². The molecule has 6 heteroatoms. The Labute approximate surface area is 147 Å². The van der Waals surface area contributed by atoms with Gasteiger partial charge in [-0.2, -0.15) is 0 Å². The van der Waals surface area contributed by atoms with Crippen LogP contribution in [0.5, 0.6) is 5.75 Å². The largest absolute Gasteiger partial charge is 0.463 e. The van der Waals surface area contributed by atoms with Gasteiger partial charge in [0.15, 0.2) is 5.76 Å².